The van der Waals surface area contributed by atoms with Gasteiger partial charge in [0, 0.05) is 12.1 Å². The van der Waals surface area contributed by atoms with Crippen molar-refractivity contribution in [2.75, 3.05) is 23.4 Å². The Morgan fingerprint density at radius 3 is 2.68 bits per heavy atom. The van der Waals surface area contributed by atoms with Crippen LogP contribution in [-0.2, 0) is 4.79 Å². The molecule has 7 heteroatoms. The molecule has 0 spiro atoms. The Labute approximate surface area is 156 Å². The fraction of sp³-hybridized carbons (Fsp3) is 0.444. The molecule has 1 aliphatic rings. The Bertz CT molecular complexity index is 695. The number of nitrogens with zero attached hydrogens (tertiary/aromatic N) is 2. The first-order chi connectivity index (χ1) is 12.1. The van der Waals surface area contributed by atoms with Crippen LogP contribution in [0.2, 0.25) is 0 Å². The maximum atomic E-state index is 12.1. The normalized spacial score (nSPS) is 15.3. The highest BCUT2D eigenvalue weighted by molar-refractivity contribution is 8.16. The summed E-state index contributed by atoms with van der Waals surface area (Å²) in [7, 11) is 0. The molecule has 5 nitrogen and oxygen atoms in total. The predicted molar refractivity (Wildman–Crippen MR) is 105 cm³/mol. The lowest BCUT2D eigenvalue weighted by atomic mass is 10.2. The van der Waals surface area contributed by atoms with Gasteiger partial charge in [-0.1, -0.05) is 12.1 Å². The van der Waals surface area contributed by atoms with Gasteiger partial charge in [0.25, 0.3) is 5.91 Å². The maximum absolute atomic E-state index is 12.1. The zero-order valence-electron chi connectivity index (χ0n) is 14.5. The highest BCUT2D eigenvalue weighted by Crippen LogP contribution is 2.43. The van der Waals surface area contributed by atoms with E-state index in [1.165, 1.54) is 23.5 Å². The maximum Gasteiger partial charge on any atom is 0.263 e. The molecule has 2 heterocycles. The average Bonchev–Trinajstić information content (AvgIpc) is 3.09. The topological polar surface area (TPSA) is 56.2 Å². The van der Waals surface area contributed by atoms with Gasteiger partial charge in [-0.25, -0.2) is 4.68 Å². The number of carbonyl (C=O) groups excluding carboxylic acids is 1. The fourth-order valence-electron chi connectivity index (χ4n) is 2.55. The second kappa shape index (κ2) is 8.67. The van der Waals surface area contributed by atoms with Crippen LogP contribution in [0.1, 0.15) is 36.5 Å². The van der Waals surface area contributed by atoms with Crippen LogP contribution in [0.15, 0.2) is 36.5 Å². The number of rotatable bonds is 6. The largest absolute Gasteiger partial charge is 0.484 e. The molecule has 3 rings (SSSR count). The second-order valence-electron chi connectivity index (χ2n) is 6.09. The molecule has 1 aromatic carbocycles. The van der Waals surface area contributed by atoms with Crippen molar-refractivity contribution >= 4 is 35.2 Å². The summed E-state index contributed by atoms with van der Waals surface area (Å²) >= 11 is 3.99. The van der Waals surface area contributed by atoms with Crippen LogP contribution in [0.4, 0.5) is 5.82 Å². The molecule has 1 aromatic heterocycles. The number of benzene rings is 1. The third-order valence-electron chi connectivity index (χ3n) is 3.78. The van der Waals surface area contributed by atoms with E-state index in [2.05, 4.69) is 22.5 Å². The van der Waals surface area contributed by atoms with Crippen molar-refractivity contribution in [3.8, 4) is 5.75 Å². The molecule has 2 aromatic rings. The minimum absolute atomic E-state index is 0.0183. The molecular formula is C18H23N3O2S2. The standard InChI is InChI=1S/C18H23N3O2S2/c1-13(2)21-16(8-9-19-21)20-17(22)12-23-15-6-4-14(5-7-15)18-24-10-3-11-25-18/h4-9,13,18H,3,10-12H2,1-2H3,(H,20,22). The zero-order chi connectivity index (χ0) is 17.6. The van der Waals surface area contributed by atoms with Crippen molar-refractivity contribution < 1.29 is 9.53 Å². The summed E-state index contributed by atoms with van der Waals surface area (Å²) in [6, 6.07) is 10.0. The van der Waals surface area contributed by atoms with E-state index in [0.717, 1.165) is 0 Å². The van der Waals surface area contributed by atoms with Crippen molar-refractivity contribution in [1.29, 1.82) is 0 Å². The number of ether oxygens (including phenoxy) is 1. The van der Waals surface area contributed by atoms with Crippen LogP contribution >= 0.6 is 23.5 Å². The van der Waals surface area contributed by atoms with Gasteiger partial charge in [0.15, 0.2) is 6.61 Å². The molecule has 0 radical (unpaired) electrons. The van der Waals surface area contributed by atoms with Gasteiger partial charge in [-0.3, -0.25) is 4.79 Å². The van der Waals surface area contributed by atoms with E-state index in [-0.39, 0.29) is 18.6 Å². The van der Waals surface area contributed by atoms with Crippen molar-refractivity contribution in [2.45, 2.75) is 30.9 Å². The molecule has 0 unspecified atom stereocenters. The monoisotopic (exact) mass is 377 g/mol. The summed E-state index contributed by atoms with van der Waals surface area (Å²) in [6.07, 6.45) is 2.97. The molecular weight excluding hydrogens is 354 g/mol. The summed E-state index contributed by atoms with van der Waals surface area (Å²) < 4.78 is 7.89. The molecule has 1 fully saturated rings. The number of nitrogens with one attached hydrogen (secondary N) is 1. The highest BCUT2D eigenvalue weighted by atomic mass is 32.2. The van der Waals surface area contributed by atoms with Gasteiger partial charge in [-0.05, 0) is 49.5 Å². The first-order valence-electron chi connectivity index (χ1n) is 8.43. The van der Waals surface area contributed by atoms with Crippen molar-refractivity contribution in [2.24, 2.45) is 0 Å². The molecule has 0 aliphatic carbocycles. The molecule has 1 aliphatic heterocycles. The first-order valence-corrected chi connectivity index (χ1v) is 10.5. The van der Waals surface area contributed by atoms with Gasteiger partial charge in [0.2, 0.25) is 0 Å². The minimum Gasteiger partial charge on any atom is -0.484 e. The molecule has 0 saturated carbocycles. The molecule has 1 saturated heterocycles. The fourth-order valence-corrected chi connectivity index (χ4v) is 5.45. The lowest BCUT2D eigenvalue weighted by Crippen LogP contribution is -2.22. The Hall–Kier alpha value is -1.60. The van der Waals surface area contributed by atoms with Gasteiger partial charge in [0.1, 0.15) is 11.6 Å². The van der Waals surface area contributed by atoms with E-state index in [9.17, 15) is 4.79 Å². The number of hydrogen-bond acceptors (Lipinski definition) is 5. The van der Waals surface area contributed by atoms with Crippen LogP contribution in [-0.4, -0.2) is 33.8 Å². The van der Waals surface area contributed by atoms with E-state index >= 15 is 0 Å². The summed E-state index contributed by atoms with van der Waals surface area (Å²) in [5.74, 6) is 3.66. The number of aromatic nitrogens is 2. The number of anilines is 1. The van der Waals surface area contributed by atoms with Crippen LogP contribution in [0.25, 0.3) is 0 Å². The van der Waals surface area contributed by atoms with Crippen LogP contribution < -0.4 is 10.1 Å². The lowest BCUT2D eigenvalue weighted by Gasteiger charge is -2.21. The van der Waals surface area contributed by atoms with E-state index in [1.54, 1.807) is 16.9 Å². The van der Waals surface area contributed by atoms with E-state index in [0.29, 0.717) is 16.1 Å². The van der Waals surface area contributed by atoms with E-state index < -0.39 is 0 Å². The number of thioether (sulfide) groups is 2. The lowest BCUT2D eigenvalue weighted by molar-refractivity contribution is -0.118. The summed E-state index contributed by atoms with van der Waals surface area (Å²) in [6.45, 7) is 4.02. The second-order valence-corrected chi connectivity index (χ2v) is 8.81. The Kier molecular flexibility index (Phi) is 6.31. The van der Waals surface area contributed by atoms with E-state index in [1.807, 2.05) is 49.5 Å². The summed E-state index contributed by atoms with van der Waals surface area (Å²) in [5.41, 5.74) is 1.31. The molecule has 25 heavy (non-hydrogen) atoms. The third kappa shape index (κ3) is 4.95. The van der Waals surface area contributed by atoms with Gasteiger partial charge < -0.3 is 10.1 Å². The molecule has 1 amide bonds. The smallest absolute Gasteiger partial charge is 0.263 e. The van der Waals surface area contributed by atoms with Gasteiger partial charge in [-0.2, -0.15) is 5.10 Å². The molecule has 134 valence electrons. The van der Waals surface area contributed by atoms with Gasteiger partial charge >= 0.3 is 0 Å². The summed E-state index contributed by atoms with van der Waals surface area (Å²) in [5, 5.41) is 7.03. The Balaban J connectivity index is 1.51. The van der Waals surface area contributed by atoms with Crippen LogP contribution in [0.3, 0.4) is 0 Å². The third-order valence-corrected chi connectivity index (χ3v) is 6.79. The molecule has 0 atom stereocenters. The number of hydrogen-bond donors (Lipinski definition) is 1. The van der Waals surface area contributed by atoms with Gasteiger partial charge in [0.05, 0.1) is 10.8 Å². The zero-order valence-corrected chi connectivity index (χ0v) is 16.1. The van der Waals surface area contributed by atoms with Crippen LogP contribution in [0.5, 0.6) is 5.75 Å². The Morgan fingerprint density at radius 1 is 1.28 bits per heavy atom. The Morgan fingerprint density at radius 2 is 2.00 bits per heavy atom. The van der Waals surface area contributed by atoms with Crippen LogP contribution in [0, 0.1) is 0 Å². The SMILES string of the molecule is CC(C)n1nccc1NC(=O)COc1ccc(C2SCCCS2)cc1. The number of amides is 1. The first kappa shape index (κ1) is 18.2. The van der Waals surface area contributed by atoms with Gasteiger partial charge in [-0.15, -0.1) is 23.5 Å². The van der Waals surface area contributed by atoms with E-state index in [4.69, 9.17) is 4.74 Å². The number of carbonyl (C=O) groups is 1. The highest BCUT2D eigenvalue weighted by Gasteiger charge is 2.16. The minimum atomic E-state index is -0.190. The average molecular weight is 378 g/mol. The van der Waals surface area contributed by atoms with Crippen molar-refractivity contribution in [3.05, 3.63) is 42.1 Å². The molecule has 0 bridgehead atoms. The molecule has 1 N–H and O–H groups in total. The predicted octanol–water partition coefficient (Wildman–Crippen LogP) is 4.35. The van der Waals surface area contributed by atoms with Crippen molar-refractivity contribution in [1.82, 2.24) is 9.78 Å². The summed E-state index contributed by atoms with van der Waals surface area (Å²) in [4.78, 5) is 12.1. The quantitative estimate of drug-likeness (QED) is 0.811. The van der Waals surface area contributed by atoms with Crippen molar-refractivity contribution in [3.63, 3.8) is 0 Å².